The fourth-order valence-electron chi connectivity index (χ4n) is 1.45. The van der Waals surface area contributed by atoms with E-state index < -0.39 is 0 Å². The Bertz CT molecular complexity index is 181. The van der Waals surface area contributed by atoms with Gasteiger partial charge >= 0.3 is 0 Å². The molecule has 1 nitrogen and oxygen atoms in total. The van der Waals surface area contributed by atoms with Gasteiger partial charge in [-0.15, -0.1) is 13.2 Å². The summed E-state index contributed by atoms with van der Waals surface area (Å²) in [6, 6.07) is 0. The minimum Gasteiger partial charge on any atom is -0.299 e. The third-order valence-electron chi connectivity index (χ3n) is 2.30. The average molecular weight is 166 g/mol. The van der Waals surface area contributed by atoms with Gasteiger partial charge in [0, 0.05) is 5.41 Å². The molecule has 0 aliphatic heterocycles. The Kier molecular flexibility index (Phi) is 4.57. The molecular formula is C11H18O. The molecule has 0 aliphatic carbocycles. The van der Waals surface area contributed by atoms with Gasteiger partial charge in [-0.2, -0.15) is 0 Å². The zero-order chi connectivity index (χ0) is 9.61. The molecule has 68 valence electrons. The highest BCUT2D eigenvalue weighted by molar-refractivity contribution is 5.84. The lowest BCUT2D eigenvalue weighted by molar-refractivity contribution is -0.124. The van der Waals surface area contributed by atoms with Crippen molar-refractivity contribution in [3.8, 4) is 0 Å². The van der Waals surface area contributed by atoms with Gasteiger partial charge in [0.25, 0.3) is 0 Å². The molecule has 1 heteroatoms. The topological polar surface area (TPSA) is 17.1 Å². The Balaban J connectivity index is 4.61. The molecule has 0 fully saturated rings. The number of rotatable bonds is 6. The molecule has 0 aliphatic rings. The van der Waals surface area contributed by atoms with Crippen molar-refractivity contribution in [1.82, 2.24) is 0 Å². The molecule has 0 amide bonds. The second kappa shape index (κ2) is 4.91. The number of Topliss-reactive ketones (excluding diaryl/α,β-unsaturated/α-hetero) is 1. The van der Waals surface area contributed by atoms with Crippen molar-refractivity contribution in [1.29, 1.82) is 0 Å². The Morgan fingerprint density at radius 1 is 1.50 bits per heavy atom. The molecular weight excluding hydrogens is 148 g/mol. The normalized spacial score (nSPS) is 14.8. The molecule has 12 heavy (non-hydrogen) atoms. The van der Waals surface area contributed by atoms with E-state index in [1.54, 1.807) is 19.1 Å². The summed E-state index contributed by atoms with van der Waals surface area (Å²) in [4.78, 5) is 11.4. The van der Waals surface area contributed by atoms with E-state index >= 15 is 0 Å². The van der Waals surface area contributed by atoms with Crippen LogP contribution in [0.3, 0.4) is 0 Å². The molecule has 0 saturated carbocycles. The van der Waals surface area contributed by atoms with Crippen molar-refractivity contribution in [3.05, 3.63) is 25.3 Å². The summed E-state index contributed by atoms with van der Waals surface area (Å²) in [7, 11) is 0. The third kappa shape index (κ3) is 2.33. The monoisotopic (exact) mass is 166 g/mol. The van der Waals surface area contributed by atoms with Gasteiger partial charge in [0.15, 0.2) is 0 Å². The molecule has 0 aromatic heterocycles. The zero-order valence-corrected chi connectivity index (χ0v) is 8.10. The van der Waals surface area contributed by atoms with Crippen LogP contribution >= 0.6 is 0 Å². The predicted octanol–water partition coefficient (Wildman–Crippen LogP) is 3.12. The minimum atomic E-state index is -0.351. The van der Waals surface area contributed by atoms with Crippen LogP contribution in [-0.2, 0) is 4.79 Å². The lowest BCUT2D eigenvalue weighted by Gasteiger charge is -2.25. The molecule has 0 aromatic carbocycles. The standard InChI is InChI=1S/C11H18O/c1-5-8-11(7-3,9-6-2)10(4)12/h5,7H,1,3,6,8-9H2,2,4H3. The van der Waals surface area contributed by atoms with Gasteiger partial charge < -0.3 is 0 Å². The fourth-order valence-corrected chi connectivity index (χ4v) is 1.45. The molecule has 0 aromatic rings. The first-order chi connectivity index (χ1) is 5.63. The highest BCUT2D eigenvalue weighted by Gasteiger charge is 2.28. The summed E-state index contributed by atoms with van der Waals surface area (Å²) in [5.74, 6) is 0.194. The van der Waals surface area contributed by atoms with Crippen molar-refractivity contribution in [2.45, 2.75) is 33.1 Å². The molecule has 1 unspecified atom stereocenters. The number of hydrogen-bond acceptors (Lipinski definition) is 1. The van der Waals surface area contributed by atoms with Gasteiger partial charge in [0.05, 0.1) is 0 Å². The van der Waals surface area contributed by atoms with E-state index in [1.807, 2.05) is 0 Å². The van der Waals surface area contributed by atoms with Gasteiger partial charge in [-0.25, -0.2) is 0 Å². The van der Waals surface area contributed by atoms with E-state index in [1.165, 1.54) is 0 Å². The van der Waals surface area contributed by atoms with Crippen LogP contribution in [0.25, 0.3) is 0 Å². The maximum atomic E-state index is 11.4. The molecule has 0 radical (unpaired) electrons. The smallest absolute Gasteiger partial charge is 0.140 e. The summed E-state index contributed by atoms with van der Waals surface area (Å²) in [5.41, 5.74) is -0.351. The van der Waals surface area contributed by atoms with Crippen molar-refractivity contribution in [2.75, 3.05) is 0 Å². The van der Waals surface area contributed by atoms with Crippen LogP contribution in [0.4, 0.5) is 0 Å². The van der Waals surface area contributed by atoms with Gasteiger partial charge in [-0.3, -0.25) is 4.79 Å². The minimum absolute atomic E-state index is 0.194. The second-order valence-corrected chi connectivity index (χ2v) is 3.16. The van der Waals surface area contributed by atoms with Crippen LogP contribution in [-0.4, -0.2) is 5.78 Å². The number of carbonyl (C=O) groups is 1. The molecule has 1 atom stereocenters. The summed E-state index contributed by atoms with van der Waals surface area (Å²) in [6.07, 6.45) is 6.14. The fraction of sp³-hybridized carbons (Fsp3) is 0.545. The van der Waals surface area contributed by atoms with Gasteiger partial charge in [0.2, 0.25) is 0 Å². The Morgan fingerprint density at radius 2 is 2.08 bits per heavy atom. The van der Waals surface area contributed by atoms with Crippen LogP contribution in [0, 0.1) is 5.41 Å². The maximum absolute atomic E-state index is 11.4. The maximum Gasteiger partial charge on any atom is 0.140 e. The molecule has 0 spiro atoms. The third-order valence-corrected chi connectivity index (χ3v) is 2.30. The number of ketones is 1. The summed E-state index contributed by atoms with van der Waals surface area (Å²) in [5, 5.41) is 0. The Morgan fingerprint density at radius 3 is 2.33 bits per heavy atom. The summed E-state index contributed by atoms with van der Waals surface area (Å²) < 4.78 is 0. The highest BCUT2D eigenvalue weighted by Crippen LogP contribution is 2.30. The number of carbonyl (C=O) groups excluding carboxylic acids is 1. The first-order valence-corrected chi connectivity index (χ1v) is 4.38. The van der Waals surface area contributed by atoms with Crippen molar-refractivity contribution in [2.24, 2.45) is 5.41 Å². The van der Waals surface area contributed by atoms with E-state index in [4.69, 9.17) is 0 Å². The summed E-state index contributed by atoms with van der Waals surface area (Å²) >= 11 is 0. The first-order valence-electron chi connectivity index (χ1n) is 4.38. The predicted molar refractivity (Wildman–Crippen MR) is 53.0 cm³/mol. The lowest BCUT2D eigenvalue weighted by Crippen LogP contribution is -2.25. The van der Waals surface area contributed by atoms with E-state index in [9.17, 15) is 4.79 Å². The van der Waals surface area contributed by atoms with Crippen molar-refractivity contribution >= 4 is 5.78 Å². The van der Waals surface area contributed by atoms with Crippen LogP contribution in [0.5, 0.6) is 0 Å². The zero-order valence-electron chi connectivity index (χ0n) is 8.10. The SMILES string of the molecule is C=CCC(C=C)(CCC)C(C)=O. The van der Waals surface area contributed by atoms with E-state index in [-0.39, 0.29) is 11.2 Å². The summed E-state index contributed by atoms with van der Waals surface area (Å²) in [6.45, 7) is 11.1. The number of allylic oxidation sites excluding steroid dienone is 2. The molecule has 0 heterocycles. The largest absolute Gasteiger partial charge is 0.299 e. The lowest BCUT2D eigenvalue weighted by atomic mass is 9.77. The van der Waals surface area contributed by atoms with E-state index in [2.05, 4.69) is 20.1 Å². The molecule has 0 N–H and O–H groups in total. The Hall–Kier alpha value is -0.850. The van der Waals surface area contributed by atoms with Crippen LogP contribution in [0.1, 0.15) is 33.1 Å². The van der Waals surface area contributed by atoms with Crippen molar-refractivity contribution in [3.63, 3.8) is 0 Å². The molecule has 0 bridgehead atoms. The van der Waals surface area contributed by atoms with Crippen molar-refractivity contribution < 1.29 is 4.79 Å². The Labute approximate surface area is 75.2 Å². The van der Waals surface area contributed by atoms with E-state index in [0.29, 0.717) is 6.42 Å². The molecule has 0 saturated heterocycles. The second-order valence-electron chi connectivity index (χ2n) is 3.16. The van der Waals surface area contributed by atoms with Gasteiger partial charge in [-0.05, 0) is 19.8 Å². The van der Waals surface area contributed by atoms with Crippen LogP contribution in [0.2, 0.25) is 0 Å². The van der Waals surface area contributed by atoms with Gasteiger partial charge in [0.1, 0.15) is 5.78 Å². The number of hydrogen-bond donors (Lipinski definition) is 0. The first kappa shape index (κ1) is 11.2. The molecule has 0 rings (SSSR count). The van der Waals surface area contributed by atoms with Crippen LogP contribution in [0.15, 0.2) is 25.3 Å². The highest BCUT2D eigenvalue weighted by atomic mass is 16.1. The van der Waals surface area contributed by atoms with Crippen LogP contribution < -0.4 is 0 Å². The quantitative estimate of drug-likeness (QED) is 0.554. The van der Waals surface area contributed by atoms with Gasteiger partial charge in [-0.1, -0.05) is 25.5 Å². The average Bonchev–Trinajstić information content (AvgIpc) is 2.03. The van der Waals surface area contributed by atoms with E-state index in [0.717, 1.165) is 12.8 Å².